The molecule has 1 fully saturated rings. The van der Waals surface area contributed by atoms with Gasteiger partial charge in [-0.15, -0.1) is 0 Å². The molecule has 1 saturated carbocycles. The van der Waals surface area contributed by atoms with Crippen LogP contribution in [-0.4, -0.2) is 45.2 Å². The molecule has 0 heterocycles. The summed E-state index contributed by atoms with van der Waals surface area (Å²) in [6, 6.07) is 15.2. The molecular formula is C25H34N4O3. The third kappa shape index (κ3) is 6.90. The third-order valence-electron chi connectivity index (χ3n) is 5.50. The number of guanidine groups is 1. The quantitative estimate of drug-likeness (QED) is 0.300. The van der Waals surface area contributed by atoms with Gasteiger partial charge in [0.2, 0.25) is 0 Å². The lowest BCUT2D eigenvalue weighted by molar-refractivity contribution is 0.0953. The van der Waals surface area contributed by atoms with Gasteiger partial charge in [-0.25, -0.2) is 0 Å². The zero-order valence-corrected chi connectivity index (χ0v) is 19.0. The summed E-state index contributed by atoms with van der Waals surface area (Å²) >= 11 is 0. The Bertz CT molecular complexity index is 880. The molecule has 0 bridgehead atoms. The van der Waals surface area contributed by atoms with Crippen molar-refractivity contribution in [1.82, 2.24) is 16.0 Å². The van der Waals surface area contributed by atoms with Gasteiger partial charge in [0.25, 0.3) is 5.91 Å². The average Bonchev–Trinajstić information content (AvgIpc) is 3.35. The van der Waals surface area contributed by atoms with Crippen LogP contribution in [0.4, 0.5) is 0 Å². The van der Waals surface area contributed by atoms with Gasteiger partial charge in [0.1, 0.15) is 0 Å². The first-order chi connectivity index (χ1) is 15.7. The molecule has 2 aromatic rings. The predicted octanol–water partition coefficient (Wildman–Crippen LogP) is 3.50. The third-order valence-corrected chi connectivity index (χ3v) is 5.50. The molecule has 0 unspecified atom stereocenters. The SMILES string of the molecule is CN=C(NCCCNC(=O)c1ccccc1)NCc1cccc(OC)c1OC1CCCC1. The number of nitrogens with one attached hydrogen (secondary N) is 3. The number of nitrogens with zero attached hydrogens (tertiary/aromatic N) is 1. The fourth-order valence-corrected chi connectivity index (χ4v) is 3.76. The summed E-state index contributed by atoms with van der Waals surface area (Å²) in [6.07, 6.45) is 5.66. The fourth-order valence-electron chi connectivity index (χ4n) is 3.76. The van der Waals surface area contributed by atoms with Crippen molar-refractivity contribution in [3.8, 4) is 11.5 Å². The van der Waals surface area contributed by atoms with E-state index >= 15 is 0 Å². The van der Waals surface area contributed by atoms with E-state index in [1.54, 1.807) is 14.2 Å². The second-order valence-electron chi connectivity index (χ2n) is 7.80. The number of ether oxygens (including phenoxy) is 2. The zero-order chi connectivity index (χ0) is 22.6. The molecule has 0 aromatic heterocycles. The highest BCUT2D eigenvalue weighted by Crippen LogP contribution is 2.34. The molecule has 7 nitrogen and oxygen atoms in total. The molecule has 0 spiro atoms. The topological polar surface area (TPSA) is 84.0 Å². The Kier molecular flexibility index (Phi) is 9.22. The maximum Gasteiger partial charge on any atom is 0.251 e. The van der Waals surface area contributed by atoms with E-state index in [4.69, 9.17) is 9.47 Å². The number of benzene rings is 2. The lowest BCUT2D eigenvalue weighted by Crippen LogP contribution is -2.38. The van der Waals surface area contributed by atoms with E-state index in [1.165, 1.54) is 12.8 Å². The van der Waals surface area contributed by atoms with E-state index in [-0.39, 0.29) is 12.0 Å². The average molecular weight is 439 g/mol. The lowest BCUT2D eigenvalue weighted by atomic mass is 10.1. The predicted molar refractivity (Wildman–Crippen MR) is 127 cm³/mol. The first-order valence-corrected chi connectivity index (χ1v) is 11.3. The molecule has 0 saturated heterocycles. The van der Waals surface area contributed by atoms with Crippen LogP contribution >= 0.6 is 0 Å². The second-order valence-corrected chi connectivity index (χ2v) is 7.80. The largest absolute Gasteiger partial charge is 0.493 e. The van der Waals surface area contributed by atoms with Crippen molar-refractivity contribution in [3.63, 3.8) is 0 Å². The molecule has 172 valence electrons. The zero-order valence-electron chi connectivity index (χ0n) is 19.0. The Labute approximate surface area is 190 Å². The molecule has 1 aliphatic carbocycles. The van der Waals surface area contributed by atoms with Gasteiger partial charge in [0.05, 0.1) is 13.2 Å². The number of carbonyl (C=O) groups is 1. The van der Waals surface area contributed by atoms with Crippen molar-refractivity contribution in [2.45, 2.75) is 44.8 Å². The smallest absolute Gasteiger partial charge is 0.251 e. The second kappa shape index (κ2) is 12.6. The van der Waals surface area contributed by atoms with Crippen LogP contribution in [0.1, 0.15) is 48.0 Å². The van der Waals surface area contributed by atoms with E-state index in [2.05, 4.69) is 20.9 Å². The summed E-state index contributed by atoms with van der Waals surface area (Å²) in [4.78, 5) is 16.4. The minimum Gasteiger partial charge on any atom is -0.493 e. The molecular weight excluding hydrogens is 404 g/mol. The molecule has 1 amide bonds. The highest BCUT2D eigenvalue weighted by Gasteiger charge is 2.20. The van der Waals surface area contributed by atoms with Crippen molar-refractivity contribution in [1.29, 1.82) is 0 Å². The maximum atomic E-state index is 12.1. The summed E-state index contributed by atoms with van der Waals surface area (Å²) in [5.74, 6) is 2.22. The Morgan fingerprint density at radius 1 is 1.00 bits per heavy atom. The molecule has 32 heavy (non-hydrogen) atoms. The molecule has 2 aromatic carbocycles. The summed E-state index contributed by atoms with van der Waals surface area (Å²) < 4.78 is 11.8. The molecule has 7 heteroatoms. The van der Waals surface area contributed by atoms with Gasteiger partial charge in [-0.3, -0.25) is 9.79 Å². The van der Waals surface area contributed by atoms with Gasteiger partial charge in [-0.2, -0.15) is 0 Å². The highest BCUT2D eigenvalue weighted by atomic mass is 16.5. The van der Waals surface area contributed by atoms with Crippen LogP contribution in [0.5, 0.6) is 11.5 Å². The standard InChI is InChI=1S/C25H34N4O3/c1-26-25(28-17-9-16-27-24(30)19-10-4-3-5-11-19)29-18-20-12-8-15-22(31-2)23(20)32-21-13-6-7-14-21/h3-5,8,10-12,15,21H,6-7,9,13-14,16-18H2,1-2H3,(H,27,30)(H2,26,28,29). The minimum absolute atomic E-state index is 0.0547. The van der Waals surface area contributed by atoms with E-state index < -0.39 is 0 Å². The van der Waals surface area contributed by atoms with Crippen LogP contribution < -0.4 is 25.4 Å². The molecule has 1 aliphatic rings. The number of methoxy groups -OCH3 is 1. The summed E-state index contributed by atoms with van der Waals surface area (Å²) in [6.45, 7) is 1.86. The first kappa shape index (κ1) is 23.4. The Balaban J connectivity index is 1.44. The number of para-hydroxylation sites is 1. The molecule has 0 atom stereocenters. The van der Waals surface area contributed by atoms with Crippen LogP contribution in [0.25, 0.3) is 0 Å². The Morgan fingerprint density at radius 3 is 2.47 bits per heavy atom. The van der Waals surface area contributed by atoms with E-state index in [0.29, 0.717) is 31.2 Å². The molecule has 3 N–H and O–H groups in total. The highest BCUT2D eigenvalue weighted by molar-refractivity contribution is 5.94. The van der Waals surface area contributed by atoms with Crippen molar-refractivity contribution in [3.05, 3.63) is 59.7 Å². The summed E-state index contributed by atoms with van der Waals surface area (Å²) in [5.41, 5.74) is 1.71. The number of hydrogen-bond acceptors (Lipinski definition) is 4. The fraction of sp³-hybridized carbons (Fsp3) is 0.440. The van der Waals surface area contributed by atoms with E-state index in [1.807, 2.05) is 48.5 Å². The lowest BCUT2D eigenvalue weighted by Gasteiger charge is -2.20. The molecule has 0 radical (unpaired) electrons. The van der Waals surface area contributed by atoms with Crippen LogP contribution in [0.15, 0.2) is 53.5 Å². The summed E-state index contributed by atoms with van der Waals surface area (Å²) in [5, 5.41) is 9.57. The van der Waals surface area contributed by atoms with Crippen LogP contribution in [0.2, 0.25) is 0 Å². The van der Waals surface area contributed by atoms with Crippen molar-refractivity contribution in [2.24, 2.45) is 4.99 Å². The van der Waals surface area contributed by atoms with Gasteiger partial charge in [-0.1, -0.05) is 30.3 Å². The van der Waals surface area contributed by atoms with Crippen molar-refractivity contribution >= 4 is 11.9 Å². The number of carbonyl (C=O) groups excluding carboxylic acids is 1. The maximum absolute atomic E-state index is 12.1. The van der Waals surface area contributed by atoms with Crippen LogP contribution in [0, 0.1) is 0 Å². The van der Waals surface area contributed by atoms with Crippen LogP contribution in [0.3, 0.4) is 0 Å². The van der Waals surface area contributed by atoms with E-state index in [9.17, 15) is 4.79 Å². The number of hydrogen-bond donors (Lipinski definition) is 3. The van der Waals surface area contributed by atoms with E-state index in [0.717, 1.165) is 36.3 Å². The van der Waals surface area contributed by atoms with Gasteiger partial charge in [0, 0.05) is 37.8 Å². The number of amides is 1. The Hall–Kier alpha value is -3.22. The van der Waals surface area contributed by atoms with Gasteiger partial charge >= 0.3 is 0 Å². The normalized spacial score (nSPS) is 14.1. The van der Waals surface area contributed by atoms with Gasteiger partial charge < -0.3 is 25.4 Å². The molecule has 0 aliphatic heterocycles. The molecule has 3 rings (SSSR count). The number of rotatable bonds is 10. The van der Waals surface area contributed by atoms with Crippen LogP contribution in [-0.2, 0) is 6.54 Å². The Morgan fingerprint density at radius 2 is 1.75 bits per heavy atom. The van der Waals surface area contributed by atoms with Gasteiger partial charge in [-0.05, 0) is 50.3 Å². The number of aliphatic imine (C=N–C) groups is 1. The summed E-state index contributed by atoms with van der Waals surface area (Å²) in [7, 11) is 3.42. The van der Waals surface area contributed by atoms with Crippen molar-refractivity contribution in [2.75, 3.05) is 27.2 Å². The van der Waals surface area contributed by atoms with Crippen molar-refractivity contribution < 1.29 is 14.3 Å². The first-order valence-electron chi connectivity index (χ1n) is 11.3. The minimum atomic E-state index is -0.0547. The monoisotopic (exact) mass is 438 g/mol. The van der Waals surface area contributed by atoms with Gasteiger partial charge in [0.15, 0.2) is 17.5 Å².